The van der Waals surface area contributed by atoms with Crippen LogP contribution >= 0.6 is 11.6 Å². The van der Waals surface area contributed by atoms with Gasteiger partial charge in [-0.05, 0) is 24.3 Å². The molecule has 1 saturated heterocycles. The van der Waals surface area contributed by atoms with Crippen LogP contribution in [0.15, 0.2) is 54.6 Å². The summed E-state index contributed by atoms with van der Waals surface area (Å²) in [5.74, 6) is 0.942. The number of para-hydroxylation sites is 3. The molecule has 4 nitrogen and oxygen atoms in total. The maximum Gasteiger partial charge on any atom is 0.142 e. The van der Waals surface area contributed by atoms with Gasteiger partial charge >= 0.3 is 0 Å². The summed E-state index contributed by atoms with van der Waals surface area (Å²) in [4.78, 5) is 8.49. The minimum atomic E-state index is 0.628. The molecule has 5 heteroatoms. The van der Waals surface area contributed by atoms with Crippen molar-refractivity contribution >= 4 is 28.2 Å². The van der Waals surface area contributed by atoms with Gasteiger partial charge in [-0.1, -0.05) is 41.9 Å². The Morgan fingerprint density at radius 3 is 2.62 bits per heavy atom. The van der Waals surface area contributed by atoms with Crippen molar-refractivity contribution in [1.82, 2.24) is 4.98 Å². The minimum absolute atomic E-state index is 0.628. The highest BCUT2D eigenvalue weighted by Gasteiger charge is 2.23. The van der Waals surface area contributed by atoms with Crippen molar-refractivity contribution in [2.24, 2.45) is 0 Å². The van der Waals surface area contributed by atoms with E-state index in [-0.39, 0.29) is 0 Å². The molecular weight excluding hydrogens is 346 g/mol. The number of hydrogen-bond acceptors (Lipinski definition) is 3. The molecule has 134 valence electrons. The van der Waals surface area contributed by atoms with Crippen molar-refractivity contribution in [3.63, 3.8) is 0 Å². The topological polar surface area (TPSA) is 29.8 Å². The molecule has 0 atom stereocenters. The molecule has 1 aliphatic rings. The van der Waals surface area contributed by atoms with E-state index in [9.17, 15) is 0 Å². The standard InChI is InChI=1S/C21H22ClN3O/c1-26-20-9-5-4-8-19(20)25-12-10-24(11-13-25)15-17-14-16-6-2-3-7-18(16)23-21(17)22/h2-9,14H,10-13,15H2,1H3/p+1. The van der Waals surface area contributed by atoms with Crippen molar-refractivity contribution in [2.75, 3.05) is 38.2 Å². The highest BCUT2D eigenvalue weighted by atomic mass is 35.5. The van der Waals surface area contributed by atoms with Gasteiger partial charge in [0, 0.05) is 10.9 Å². The van der Waals surface area contributed by atoms with Gasteiger partial charge in [-0.15, -0.1) is 0 Å². The lowest BCUT2D eigenvalue weighted by atomic mass is 10.1. The number of methoxy groups -OCH3 is 1. The van der Waals surface area contributed by atoms with Gasteiger partial charge in [0.25, 0.3) is 0 Å². The summed E-state index contributed by atoms with van der Waals surface area (Å²) in [7, 11) is 1.73. The van der Waals surface area contributed by atoms with Gasteiger partial charge in [0.2, 0.25) is 0 Å². The van der Waals surface area contributed by atoms with Gasteiger partial charge in [0.15, 0.2) is 0 Å². The monoisotopic (exact) mass is 368 g/mol. The Morgan fingerprint density at radius 2 is 1.81 bits per heavy atom. The molecule has 0 saturated carbocycles. The summed E-state index contributed by atoms with van der Waals surface area (Å²) >= 11 is 6.44. The maximum absolute atomic E-state index is 6.44. The van der Waals surface area contributed by atoms with E-state index in [2.05, 4.69) is 34.1 Å². The van der Waals surface area contributed by atoms with E-state index in [1.807, 2.05) is 30.3 Å². The predicted octanol–water partition coefficient (Wildman–Crippen LogP) is 2.80. The average molecular weight is 369 g/mol. The van der Waals surface area contributed by atoms with Gasteiger partial charge in [0.1, 0.15) is 17.4 Å². The number of benzene rings is 2. The van der Waals surface area contributed by atoms with Crippen molar-refractivity contribution in [2.45, 2.75) is 6.54 Å². The number of anilines is 1. The largest absolute Gasteiger partial charge is 0.495 e. The highest BCUT2D eigenvalue weighted by molar-refractivity contribution is 6.30. The van der Waals surface area contributed by atoms with Crippen LogP contribution in [-0.4, -0.2) is 38.3 Å². The van der Waals surface area contributed by atoms with Crippen LogP contribution in [0.25, 0.3) is 10.9 Å². The molecule has 1 N–H and O–H groups in total. The second kappa shape index (κ2) is 7.52. The molecule has 1 aromatic heterocycles. The number of hydrogen-bond donors (Lipinski definition) is 1. The summed E-state index contributed by atoms with van der Waals surface area (Å²) in [6.07, 6.45) is 0. The fourth-order valence-electron chi connectivity index (χ4n) is 3.66. The van der Waals surface area contributed by atoms with Crippen molar-refractivity contribution in [3.05, 3.63) is 65.3 Å². The number of quaternary nitrogens is 1. The van der Waals surface area contributed by atoms with E-state index in [1.165, 1.54) is 10.6 Å². The Bertz CT molecular complexity index is 907. The number of halogens is 1. The zero-order valence-corrected chi connectivity index (χ0v) is 15.7. The molecule has 0 amide bonds. The molecule has 3 aromatic rings. The number of nitrogens with zero attached hydrogens (tertiary/aromatic N) is 2. The third-order valence-electron chi connectivity index (χ3n) is 5.09. The van der Waals surface area contributed by atoms with Crippen molar-refractivity contribution in [1.29, 1.82) is 0 Å². The Balaban J connectivity index is 1.45. The Kier molecular flexibility index (Phi) is 4.96. The van der Waals surface area contributed by atoms with Crippen LogP contribution in [0.2, 0.25) is 5.15 Å². The van der Waals surface area contributed by atoms with E-state index >= 15 is 0 Å². The second-order valence-electron chi connectivity index (χ2n) is 6.72. The first-order chi connectivity index (χ1) is 12.7. The molecule has 2 aromatic carbocycles. The van der Waals surface area contributed by atoms with Gasteiger partial charge < -0.3 is 14.5 Å². The van der Waals surface area contributed by atoms with Crippen LogP contribution in [0.1, 0.15) is 5.56 Å². The lowest BCUT2D eigenvalue weighted by molar-refractivity contribution is -0.914. The number of nitrogens with one attached hydrogen (secondary N) is 1. The number of rotatable bonds is 4. The predicted molar refractivity (Wildman–Crippen MR) is 106 cm³/mol. The van der Waals surface area contributed by atoms with Gasteiger partial charge in [-0.2, -0.15) is 0 Å². The van der Waals surface area contributed by atoms with E-state index in [0.717, 1.165) is 54.9 Å². The molecule has 0 unspecified atom stereocenters. The summed E-state index contributed by atoms with van der Waals surface area (Å²) in [5, 5.41) is 1.78. The van der Waals surface area contributed by atoms with Crippen LogP contribution in [-0.2, 0) is 6.54 Å². The van der Waals surface area contributed by atoms with Crippen molar-refractivity contribution in [3.8, 4) is 5.75 Å². The average Bonchev–Trinajstić information content (AvgIpc) is 2.69. The lowest BCUT2D eigenvalue weighted by Crippen LogP contribution is -3.13. The first kappa shape index (κ1) is 17.1. The SMILES string of the molecule is COc1ccccc1N1CC[NH+](Cc2cc3ccccc3nc2Cl)CC1. The van der Waals surface area contributed by atoms with Crippen LogP contribution in [0.4, 0.5) is 5.69 Å². The van der Waals surface area contributed by atoms with Crippen LogP contribution in [0, 0.1) is 0 Å². The summed E-state index contributed by atoms with van der Waals surface area (Å²) < 4.78 is 5.50. The molecule has 0 spiro atoms. The molecule has 0 aliphatic carbocycles. The summed E-state index contributed by atoms with van der Waals surface area (Å²) in [6.45, 7) is 5.07. The Hall–Kier alpha value is -2.30. The smallest absolute Gasteiger partial charge is 0.142 e. The summed E-state index contributed by atoms with van der Waals surface area (Å²) in [6, 6.07) is 18.6. The van der Waals surface area contributed by atoms with Crippen LogP contribution < -0.4 is 14.5 Å². The quantitative estimate of drug-likeness (QED) is 0.718. The number of ether oxygens (including phenoxy) is 1. The minimum Gasteiger partial charge on any atom is -0.495 e. The highest BCUT2D eigenvalue weighted by Crippen LogP contribution is 2.27. The third kappa shape index (κ3) is 3.48. The van der Waals surface area contributed by atoms with Gasteiger partial charge in [-0.3, -0.25) is 0 Å². The molecule has 4 rings (SSSR count). The number of piperazine rings is 1. The second-order valence-corrected chi connectivity index (χ2v) is 7.07. The molecule has 1 fully saturated rings. The first-order valence-corrected chi connectivity index (χ1v) is 9.38. The Labute approximate surface area is 159 Å². The van der Waals surface area contributed by atoms with Gasteiger partial charge in [0.05, 0.1) is 44.5 Å². The molecule has 1 aliphatic heterocycles. The number of fused-ring (bicyclic) bond motifs is 1. The first-order valence-electron chi connectivity index (χ1n) is 9.00. The van der Waals surface area contributed by atoms with Crippen LogP contribution in [0.3, 0.4) is 0 Å². The maximum atomic E-state index is 6.44. The summed E-state index contributed by atoms with van der Waals surface area (Å²) in [5.41, 5.74) is 3.27. The molecule has 26 heavy (non-hydrogen) atoms. The van der Waals surface area contributed by atoms with Crippen LogP contribution in [0.5, 0.6) is 5.75 Å². The van der Waals surface area contributed by atoms with Crippen molar-refractivity contribution < 1.29 is 9.64 Å². The normalized spacial score (nSPS) is 15.4. The number of aromatic nitrogens is 1. The van der Waals surface area contributed by atoms with E-state index < -0.39 is 0 Å². The van der Waals surface area contributed by atoms with Gasteiger partial charge in [-0.25, -0.2) is 4.98 Å². The fourth-order valence-corrected chi connectivity index (χ4v) is 3.87. The zero-order valence-electron chi connectivity index (χ0n) is 14.9. The van der Waals surface area contributed by atoms with E-state index in [1.54, 1.807) is 7.11 Å². The molecule has 2 heterocycles. The lowest BCUT2D eigenvalue weighted by Gasteiger charge is -2.34. The molecular formula is C21H23ClN3O+. The zero-order chi connectivity index (χ0) is 17.9. The fraction of sp³-hybridized carbons (Fsp3) is 0.286. The Morgan fingerprint density at radius 1 is 1.08 bits per heavy atom. The van der Waals surface area contributed by atoms with E-state index in [0.29, 0.717) is 5.15 Å². The third-order valence-corrected chi connectivity index (χ3v) is 5.41. The van der Waals surface area contributed by atoms with E-state index in [4.69, 9.17) is 16.3 Å². The molecule has 0 radical (unpaired) electrons. The number of pyridine rings is 1. The molecule has 0 bridgehead atoms.